The summed E-state index contributed by atoms with van der Waals surface area (Å²) in [6, 6.07) is 2.39. The molecule has 3 fully saturated rings. The summed E-state index contributed by atoms with van der Waals surface area (Å²) in [5.74, 6) is 0.999. The lowest BCUT2D eigenvalue weighted by Crippen LogP contribution is -2.51. The van der Waals surface area contributed by atoms with E-state index < -0.39 is 6.61 Å². The molecular formula is C22H29NO3. The van der Waals surface area contributed by atoms with Gasteiger partial charge in [0.05, 0.1) is 12.0 Å². The molecule has 4 aliphatic rings. The van der Waals surface area contributed by atoms with Crippen molar-refractivity contribution in [3.63, 3.8) is 0 Å². The minimum Gasteiger partial charge on any atom is -0.389 e. The Morgan fingerprint density at radius 1 is 1.27 bits per heavy atom. The van der Waals surface area contributed by atoms with E-state index in [1.54, 1.807) is 0 Å². The Morgan fingerprint density at radius 3 is 2.73 bits per heavy atom. The average molecular weight is 355 g/mol. The number of carbonyl (C=O) groups excluding carboxylic acids is 2. The lowest BCUT2D eigenvalue weighted by Gasteiger charge is -2.58. The monoisotopic (exact) mass is 355 g/mol. The van der Waals surface area contributed by atoms with E-state index in [2.05, 4.69) is 19.9 Å². The minimum absolute atomic E-state index is 0.110. The quantitative estimate of drug-likeness (QED) is 0.823. The summed E-state index contributed by atoms with van der Waals surface area (Å²) in [5, 5.41) is 19.1. The van der Waals surface area contributed by atoms with Gasteiger partial charge < -0.3 is 5.11 Å². The number of aliphatic hydroxyl groups is 1. The summed E-state index contributed by atoms with van der Waals surface area (Å²) >= 11 is 0. The van der Waals surface area contributed by atoms with Gasteiger partial charge in [0.1, 0.15) is 6.61 Å². The molecule has 0 saturated heterocycles. The Kier molecular flexibility index (Phi) is 4.15. The summed E-state index contributed by atoms with van der Waals surface area (Å²) < 4.78 is 0. The molecule has 140 valence electrons. The van der Waals surface area contributed by atoms with E-state index in [0.717, 1.165) is 38.5 Å². The fourth-order valence-electron chi connectivity index (χ4n) is 7.42. The van der Waals surface area contributed by atoms with Crippen molar-refractivity contribution >= 4 is 11.6 Å². The molecule has 4 heteroatoms. The van der Waals surface area contributed by atoms with Crippen LogP contribution in [0.2, 0.25) is 0 Å². The summed E-state index contributed by atoms with van der Waals surface area (Å²) in [5.41, 5.74) is 1.29. The van der Waals surface area contributed by atoms with Gasteiger partial charge in [0, 0.05) is 12.3 Å². The third kappa shape index (κ3) is 2.29. The van der Waals surface area contributed by atoms with Crippen molar-refractivity contribution in [1.29, 1.82) is 5.26 Å². The molecule has 1 N–H and O–H groups in total. The molecule has 0 bridgehead atoms. The maximum absolute atomic E-state index is 12.5. The van der Waals surface area contributed by atoms with Crippen molar-refractivity contribution in [3.8, 4) is 6.07 Å². The molecule has 0 spiro atoms. The first kappa shape index (κ1) is 17.9. The third-order valence-corrected chi connectivity index (χ3v) is 8.69. The van der Waals surface area contributed by atoms with E-state index in [0.29, 0.717) is 24.2 Å². The van der Waals surface area contributed by atoms with Gasteiger partial charge in [-0.1, -0.05) is 19.4 Å². The molecule has 0 amide bonds. The molecular weight excluding hydrogens is 326 g/mol. The molecule has 0 aliphatic heterocycles. The number of fused-ring (bicyclic) bond motifs is 5. The van der Waals surface area contributed by atoms with Gasteiger partial charge in [0.25, 0.3) is 0 Å². The van der Waals surface area contributed by atoms with Gasteiger partial charge in [-0.05, 0) is 73.2 Å². The second-order valence-electron chi connectivity index (χ2n) is 9.59. The Labute approximate surface area is 155 Å². The van der Waals surface area contributed by atoms with Crippen LogP contribution in [0, 0.1) is 51.8 Å². The van der Waals surface area contributed by atoms with Gasteiger partial charge in [0.15, 0.2) is 11.6 Å². The number of carbonyl (C=O) groups is 2. The highest BCUT2D eigenvalue weighted by Crippen LogP contribution is 2.67. The molecule has 0 radical (unpaired) electrons. The van der Waals surface area contributed by atoms with E-state index in [-0.39, 0.29) is 34.2 Å². The highest BCUT2D eigenvalue weighted by atomic mass is 16.3. The maximum atomic E-state index is 12.5. The Balaban J connectivity index is 1.69. The highest BCUT2D eigenvalue weighted by Gasteiger charge is 2.62. The van der Waals surface area contributed by atoms with E-state index in [1.807, 2.05) is 6.08 Å². The Morgan fingerprint density at radius 2 is 2.04 bits per heavy atom. The molecule has 0 heterocycles. The SMILES string of the molecule is C[C@]12CC[C@H]3[C@@H](CCC4=CC(=O)CC[C@@]43C)[C@@H]1C[C@@H](C#N)[C@@H]2C(=O)CO. The van der Waals surface area contributed by atoms with Crippen LogP contribution in [-0.2, 0) is 9.59 Å². The third-order valence-electron chi connectivity index (χ3n) is 8.69. The first-order valence-electron chi connectivity index (χ1n) is 10.1. The van der Waals surface area contributed by atoms with Crippen molar-refractivity contribution < 1.29 is 14.7 Å². The van der Waals surface area contributed by atoms with Gasteiger partial charge in [-0.25, -0.2) is 0 Å². The van der Waals surface area contributed by atoms with Crippen LogP contribution in [0.5, 0.6) is 0 Å². The van der Waals surface area contributed by atoms with Crippen molar-refractivity contribution in [1.82, 2.24) is 0 Å². The summed E-state index contributed by atoms with van der Waals surface area (Å²) in [6.07, 6.45) is 8.36. The lowest BCUT2D eigenvalue weighted by molar-refractivity contribution is -0.134. The summed E-state index contributed by atoms with van der Waals surface area (Å²) in [6.45, 7) is 4.09. The number of rotatable bonds is 2. The van der Waals surface area contributed by atoms with Crippen LogP contribution in [0.4, 0.5) is 0 Å². The summed E-state index contributed by atoms with van der Waals surface area (Å²) in [4.78, 5) is 24.4. The van der Waals surface area contributed by atoms with Gasteiger partial charge in [-0.3, -0.25) is 9.59 Å². The van der Waals surface area contributed by atoms with Gasteiger partial charge >= 0.3 is 0 Å². The number of hydrogen-bond acceptors (Lipinski definition) is 4. The number of nitrogens with zero attached hydrogens (tertiary/aromatic N) is 1. The number of Topliss-reactive ketones (excluding diaryl/α,β-unsaturated/α-hetero) is 1. The fourth-order valence-corrected chi connectivity index (χ4v) is 7.42. The van der Waals surface area contributed by atoms with Crippen molar-refractivity contribution in [2.24, 2.45) is 40.4 Å². The number of hydrogen-bond donors (Lipinski definition) is 1. The molecule has 26 heavy (non-hydrogen) atoms. The lowest BCUT2D eigenvalue weighted by atomic mass is 9.46. The zero-order valence-corrected chi connectivity index (χ0v) is 15.8. The molecule has 7 atom stereocenters. The molecule has 0 aromatic heterocycles. The number of aliphatic hydroxyl groups excluding tert-OH is 1. The molecule has 0 aromatic carbocycles. The molecule has 0 unspecified atom stereocenters. The number of nitriles is 1. The fraction of sp³-hybridized carbons (Fsp3) is 0.773. The molecule has 4 rings (SSSR count). The van der Waals surface area contributed by atoms with E-state index in [9.17, 15) is 20.0 Å². The van der Waals surface area contributed by atoms with Crippen molar-refractivity contribution in [2.75, 3.05) is 6.61 Å². The van der Waals surface area contributed by atoms with Gasteiger partial charge in [-0.15, -0.1) is 0 Å². The van der Waals surface area contributed by atoms with Crippen LogP contribution in [0.3, 0.4) is 0 Å². The second-order valence-corrected chi connectivity index (χ2v) is 9.59. The summed E-state index contributed by atoms with van der Waals surface area (Å²) in [7, 11) is 0. The zero-order chi connectivity index (χ0) is 18.7. The first-order chi connectivity index (χ1) is 12.3. The Hall–Kier alpha value is -1.47. The van der Waals surface area contributed by atoms with Crippen LogP contribution in [0.25, 0.3) is 0 Å². The number of ketones is 2. The minimum atomic E-state index is -0.452. The van der Waals surface area contributed by atoms with E-state index in [1.165, 1.54) is 5.57 Å². The predicted octanol–water partition coefficient (Wildman–Crippen LogP) is 3.45. The van der Waals surface area contributed by atoms with Gasteiger partial charge in [-0.2, -0.15) is 5.26 Å². The maximum Gasteiger partial charge on any atom is 0.163 e. The highest BCUT2D eigenvalue weighted by molar-refractivity contribution is 5.91. The van der Waals surface area contributed by atoms with Crippen LogP contribution >= 0.6 is 0 Å². The van der Waals surface area contributed by atoms with Gasteiger partial charge in [0.2, 0.25) is 0 Å². The van der Waals surface area contributed by atoms with E-state index in [4.69, 9.17) is 0 Å². The average Bonchev–Trinajstić information content (AvgIpc) is 2.94. The standard InChI is InChI=1S/C22H29NO3/c1-21-7-5-15(25)10-14(21)3-4-16-17(21)6-8-22(2)18(16)9-13(11-23)20(22)19(26)12-24/h10,13,16-18,20,24H,3-9,12H2,1-2H3/t13-,16+,17-,18-,20+,21-,22-/m0/s1. The van der Waals surface area contributed by atoms with Crippen LogP contribution in [0.15, 0.2) is 11.6 Å². The van der Waals surface area contributed by atoms with Crippen LogP contribution in [0.1, 0.15) is 58.8 Å². The normalized spacial score (nSPS) is 47.2. The zero-order valence-electron chi connectivity index (χ0n) is 15.8. The largest absolute Gasteiger partial charge is 0.389 e. The topological polar surface area (TPSA) is 78.2 Å². The smallest absolute Gasteiger partial charge is 0.163 e. The molecule has 0 aromatic rings. The van der Waals surface area contributed by atoms with E-state index >= 15 is 0 Å². The van der Waals surface area contributed by atoms with Crippen molar-refractivity contribution in [3.05, 3.63) is 11.6 Å². The first-order valence-corrected chi connectivity index (χ1v) is 10.1. The Bertz CT molecular complexity index is 719. The predicted molar refractivity (Wildman–Crippen MR) is 96.8 cm³/mol. The van der Waals surface area contributed by atoms with Crippen LogP contribution < -0.4 is 0 Å². The molecule has 4 aliphatic carbocycles. The van der Waals surface area contributed by atoms with Crippen molar-refractivity contribution in [2.45, 2.75) is 58.8 Å². The molecule has 4 nitrogen and oxygen atoms in total. The second kappa shape index (κ2) is 6.02. The molecule has 3 saturated carbocycles. The number of allylic oxidation sites excluding steroid dienone is 1. The van der Waals surface area contributed by atoms with Crippen LogP contribution in [-0.4, -0.2) is 23.3 Å².